The van der Waals surface area contributed by atoms with Crippen LogP contribution in [0.4, 0.5) is 4.79 Å². The molecule has 0 saturated heterocycles. The SMILES string of the molecule is Cc1ccccc1ONC(=O)OC(C)(C)C. The summed E-state index contributed by atoms with van der Waals surface area (Å²) in [6, 6.07) is 7.40. The van der Waals surface area contributed by atoms with Crippen molar-refractivity contribution in [2.75, 3.05) is 0 Å². The number of carbonyl (C=O) groups is 1. The topological polar surface area (TPSA) is 47.6 Å². The second-order valence-corrected chi connectivity index (χ2v) is 4.47. The molecule has 0 atom stereocenters. The Labute approximate surface area is 95.5 Å². The summed E-state index contributed by atoms with van der Waals surface area (Å²) in [6.07, 6.45) is -0.601. The van der Waals surface area contributed by atoms with E-state index in [1.54, 1.807) is 26.8 Å². The number of ether oxygens (including phenoxy) is 1. The molecule has 1 amide bonds. The molecule has 88 valence electrons. The molecule has 1 rings (SSSR count). The van der Waals surface area contributed by atoms with E-state index in [9.17, 15) is 4.79 Å². The van der Waals surface area contributed by atoms with E-state index in [0.717, 1.165) is 5.56 Å². The summed E-state index contributed by atoms with van der Waals surface area (Å²) in [6.45, 7) is 7.27. The molecule has 0 radical (unpaired) electrons. The Morgan fingerprint density at radius 2 is 1.88 bits per heavy atom. The Bertz CT molecular complexity index is 369. The van der Waals surface area contributed by atoms with Crippen LogP contribution in [-0.4, -0.2) is 11.7 Å². The van der Waals surface area contributed by atoms with Gasteiger partial charge in [-0.3, -0.25) is 0 Å². The molecule has 1 aromatic carbocycles. The average Bonchev–Trinajstić information content (AvgIpc) is 2.14. The van der Waals surface area contributed by atoms with Crippen molar-refractivity contribution in [2.45, 2.75) is 33.3 Å². The molecule has 0 aromatic heterocycles. The summed E-state index contributed by atoms with van der Waals surface area (Å²) >= 11 is 0. The lowest BCUT2D eigenvalue weighted by Gasteiger charge is -2.19. The fraction of sp³-hybridized carbons (Fsp3) is 0.417. The van der Waals surface area contributed by atoms with E-state index in [0.29, 0.717) is 5.75 Å². The van der Waals surface area contributed by atoms with Crippen molar-refractivity contribution in [3.63, 3.8) is 0 Å². The van der Waals surface area contributed by atoms with Crippen LogP contribution in [0.25, 0.3) is 0 Å². The number of hydroxylamine groups is 1. The van der Waals surface area contributed by atoms with Gasteiger partial charge in [-0.2, -0.15) is 5.48 Å². The summed E-state index contributed by atoms with van der Waals surface area (Å²) in [5.74, 6) is 0.605. The highest BCUT2D eigenvalue weighted by Gasteiger charge is 2.16. The predicted octanol–water partition coefficient (Wildman–Crippen LogP) is 2.81. The number of hydrogen-bond donors (Lipinski definition) is 1. The summed E-state index contributed by atoms with van der Waals surface area (Å²) in [5.41, 5.74) is 2.65. The van der Waals surface area contributed by atoms with E-state index < -0.39 is 11.7 Å². The second-order valence-electron chi connectivity index (χ2n) is 4.47. The molecule has 0 aliphatic carbocycles. The van der Waals surface area contributed by atoms with Gasteiger partial charge >= 0.3 is 6.09 Å². The van der Waals surface area contributed by atoms with Crippen molar-refractivity contribution in [1.29, 1.82) is 0 Å². The molecule has 0 unspecified atom stereocenters. The van der Waals surface area contributed by atoms with Gasteiger partial charge in [0.2, 0.25) is 0 Å². The maximum atomic E-state index is 11.3. The molecule has 4 heteroatoms. The highest BCUT2D eigenvalue weighted by Crippen LogP contribution is 2.15. The van der Waals surface area contributed by atoms with Gasteiger partial charge in [0.25, 0.3) is 0 Å². The summed E-state index contributed by atoms with van der Waals surface area (Å²) in [5, 5.41) is 0. The Kier molecular flexibility index (Phi) is 3.77. The van der Waals surface area contributed by atoms with Crippen LogP contribution < -0.4 is 10.3 Å². The fourth-order valence-electron chi connectivity index (χ4n) is 1.07. The van der Waals surface area contributed by atoms with Crippen LogP contribution in [0.3, 0.4) is 0 Å². The standard InChI is InChI=1S/C12H17NO3/c1-9-7-5-6-8-10(9)16-13-11(14)15-12(2,3)4/h5-8H,1-4H3,(H,13,14). The Morgan fingerprint density at radius 1 is 1.25 bits per heavy atom. The van der Waals surface area contributed by atoms with Gasteiger partial charge in [0.1, 0.15) is 5.60 Å². The van der Waals surface area contributed by atoms with Gasteiger partial charge in [-0.15, -0.1) is 0 Å². The van der Waals surface area contributed by atoms with E-state index >= 15 is 0 Å². The first kappa shape index (κ1) is 12.4. The van der Waals surface area contributed by atoms with Gasteiger partial charge in [0, 0.05) is 0 Å². The van der Waals surface area contributed by atoms with Crippen LogP contribution in [0, 0.1) is 6.92 Å². The third-order valence-corrected chi connectivity index (χ3v) is 1.74. The van der Waals surface area contributed by atoms with Gasteiger partial charge in [-0.25, -0.2) is 4.79 Å². The lowest BCUT2D eigenvalue weighted by molar-refractivity contribution is 0.0286. The number of benzene rings is 1. The zero-order valence-electron chi connectivity index (χ0n) is 10.0. The Hall–Kier alpha value is -1.71. The van der Waals surface area contributed by atoms with Gasteiger partial charge < -0.3 is 9.57 Å². The van der Waals surface area contributed by atoms with Gasteiger partial charge in [-0.05, 0) is 39.3 Å². The number of aryl methyl sites for hydroxylation is 1. The molecule has 4 nitrogen and oxygen atoms in total. The van der Waals surface area contributed by atoms with Crippen molar-refractivity contribution in [2.24, 2.45) is 0 Å². The van der Waals surface area contributed by atoms with E-state index in [1.807, 2.05) is 25.1 Å². The highest BCUT2D eigenvalue weighted by atomic mass is 16.7. The maximum Gasteiger partial charge on any atom is 0.441 e. The summed E-state index contributed by atoms with van der Waals surface area (Å²) < 4.78 is 5.02. The zero-order chi connectivity index (χ0) is 12.2. The van der Waals surface area contributed by atoms with Crippen LogP contribution in [0.1, 0.15) is 26.3 Å². The van der Waals surface area contributed by atoms with Crippen molar-refractivity contribution < 1.29 is 14.4 Å². The molecule has 0 bridgehead atoms. The molecule has 16 heavy (non-hydrogen) atoms. The van der Waals surface area contributed by atoms with Crippen LogP contribution >= 0.6 is 0 Å². The predicted molar refractivity (Wildman–Crippen MR) is 61.2 cm³/mol. The van der Waals surface area contributed by atoms with Crippen LogP contribution in [-0.2, 0) is 4.74 Å². The minimum absolute atomic E-state index is 0.529. The molecular weight excluding hydrogens is 206 g/mol. The smallest absolute Gasteiger partial charge is 0.441 e. The summed E-state index contributed by atoms with van der Waals surface area (Å²) in [4.78, 5) is 16.4. The van der Waals surface area contributed by atoms with Gasteiger partial charge in [-0.1, -0.05) is 18.2 Å². The molecule has 0 saturated carbocycles. The third-order valence-electron chi connectivity index (χ3n) is 1.74. The zero-order valence-corrected chi connectivity index (χ0v) is 10.0. The van der Waals surface area contributed by atoms with Gasteiger partial charge in [0.15, 0.2) is 5.75 Å². The first-order valence-corrected chi connectivity index (χ1v) is 5.10. The highest BCUT2D eigenvalue weighted by molar-refractivity contribution is 5.66. The maximum absolute atomic E-state index is 11.3. The van der Waals surface area contributed by atoms with Crippen molar-refractivity contribution in [3.05, 3.63) is 29.8 Å². The quantitative estimate of drug-likeness (QED) is 0.784. The normalized spacial score (nSPS) is 10.8. The van der Waals surface area contributed by atoms with Crippen LogP contribution in [0.2, 0.25) is 0 Å². The number of para-hydroxylation sites is 1. The first-order chi connectivity index (χ1) is 7.38. The fourth-order valence-corrected chi connectivity index (χ4v) is 1.07. The number of rotatable bonds is 2. The first-order valence-electron chi connectivity index (χ1n) is 5.10. The number of amides is 1. The number of nitrogens with one attached hydrogen (secondary N) is 1. The number of carbonyl (C=O) groups excluding carboxylic acids is 1. The van der Waals surface area contributed by atoms with E-state index in [-0.39, 0.29) is 0 Å². The van der Waals surface area contributed by atoms with E-state index in [1.165, 1.54) is 0 Å². The third kappa shape index (κ3) is 4.21. The molecule has 0 aliphatic heterocycles. The molecule has 1 N–H and O–H groups in total. The summed E-state index contributed by atoms with van der Waals surface area (Å²) in [7, 11) is 0. The van der Waals surface area contributed by atoms with E-state index in [4.69, 9.17) is 9.57 Å². The van der Waals surface area contributed by atoms with Crippen LogP contribution in [0.15, 0.2) is 24.3 Å². The van der Waals surface area contributed by atoms with Crippen molar-refractivity contribution in [3.8, 4) is 5.75 Å². The molecule has 0 heterocycles. The monoisotopic (exact) mass is 223 g/mol. The van der Waals surface area contributed by atoms with Crippen molar-refractivity contribution in [1.82, 2.24) is 5.48 Å². The van der Waals surface area contributed by atoms with E-state index in [2.05, 4.69) is 5.48 Å². The minimum Gasteiger partial charge on any atom is -0.442 e. The average molecular weight is 223 g/mol. The molecule has 0 fully saturated rings. The lowest BCUT2D eigenvalue weighted by atomic mass is 10.2. The largest absolute Gasteiger partial charge is 0.442 e. The van der Waals surface area contributed by atoms with Gasteiger partial charge in [0.05, 0.1) is 0 Å². The number of hydrogen-bond acceptors (Lipinski definition) is 3. The molecular formula is C12H17NO3. The molecule has 1 aromatic rings. The second kappa shape index (κ2) is 4.88. The molecule has 0 aliphatic rings. The lowest BCUT2D eigenvalue weighted by Crippen LogP contribution is -2.34. The Balaban J connectivity index is 2.47. The van der Waals surface area contributed by atoms with Crippen LogP contribution in [0.5, 0.6) is 5.75 Å². The Morgan fingerprint density at radius 3 is 2.44 bits per heavy atom. The molecule has 0 spiro atoms. The van der Waals surface area contributed by atoms with Crippen molar-refractivity contribution >= 4 is 6.09 Å². The minimum atomic E-state index is -0.601.